The molecule has 0 radical (unpaired) electrons. The second-order valence-electron chi connectivity index (χ2n) is 3.63. The largest absolute Gasteiger partial charge is 0.347 e. The topological polar surface area (TPSA) is 53.2 Å². The molecule has 4 nitrogen and oxygen atoms in total. The van der Waals surface area contributed by atoms with Gasteiger partial charge >= 0.3 is 0 Å². The lowest BCUT2D eigenvalue weighted by Crippen LogP contribution is -2.33. The highest BCUT2D eigenvalue weighted by atomic mass is 79.9. The summed E-state index contributed by atoms with van der Waals surface area (Å²) in [5, 5.41) is 0. The molecule has 1 aromatic heterocycles. The van der Waals surface area contributed by atoms with Gasteiger partial charge in [0.1, 0.15) is 0 Å². The Bertz CT molecular complexity index is 425. The van der Waals surface area contributed by atoms with Gasteiger partial charge in [0.25, 0.3) is 0 Å². The van der Waals surface area contributed by atoms with Crippen molar-refractivity contribution in [1.29, 1.82) is 0 Å². The SMILES string of the molecule is CC(=O)N1CCc2cc(Br)[nH]c2C(=O)C1. The number of H-pyrrole nitrogens is 1. The first kappa shape index (κ1) is 10.4. The molecule has 5 heteroatoms. The summed E-state index contributed by atoms with van der Waals surface area (Å²) in [6.45, 7) is 2.27. The number of nitrogens with one attached hydrogen (secondary N) is 1. The molecule has 1 N–H and O–H groups in total. The lowest BCUT2D eigenvalue weighted by molar-refractivity contribution is -0.128. The number of ketones is 1. The number of amides is 1. The Morgan fingerprint density at radius 1 is 1.60 bits per heavy atom. The van der Waals surface area contributed by atoms with Gasteiger partial charge in [-0.15, -0.1) is 0 Å². The minimum absolute atomic E-state index is 0.0246. The second kappa shape index (κ2) is 3.81. The van der Waals surface area contributed by atoms with E-state index in [1.54, 1.807) is 4.90 Å². The van der Waals surface area contributed by atoms with Gasteiger partial charge in [-0.1, -0.05) is 0 Å². The van der Waals surface area contributed by atoms with Gasteiger partial charge in [0.05, 0.1) is 16.8 Å². The average molecular weight is 271 g/mol. The van der Waals surface area contributed by atoms with Crippen molar-refractivity contribution in [2.24, 2.45) is 0 Å². The van der Waals surface area contributed by atoms with Crippen LogP contribution in [0.3, 0.4) is 0 Å². The maximum absolute atomic E-state index is 11.8. The number of halogens is 1. The molecule has 0 spiro atoms. The fourth-order valence-corrected chi connectivity index (χ4v) is 2.24. The molecule has 0 atom stereocenters. The minimum atomic E-state index is -0.0485. The Kier molecular flexibility index (Phi) is 2.65. The van der Waals surface area contributed by atoms with Crippen LogP contribution in [0.2, 0.25) is 0 Å². The van der Waals surface area contributed by atoms with Crippen molar-refractivity contribution < 1.29 is 9.59 Å². The van der Waals surface area contributed by atoms with Crippen LogP contribution < -0.4 is 0 Å². The fourth-order valence-electron chi connectivity index (χ4n) is 1.76. The molecule has 1 amide bonds. The number of aromatic amines is 1. The monoisotopic (exact) mass is 270 g/mol. The van der Waals surface area contributed by atoms with Crippen molar-refractivity contribution in [3.8, 4) is 0 Å². The van der Waals surface area contributed by atoms with E-state index in [1.165, 1.54) is 6.92 Å². The maximum Gasteiger partial charge on any atom is 0.219 e. The Labute approximate surface area is 95.8 Å². The molecule has 1 aliphatic rings. The van der Waals surface area contributed by atoms with Crippen LogP contribution >= 0.6 is 15.9 Å². The molecular weight excluding hydrogens is 260 g/mol. The number of hydrogen-bond acceptors (Lipinski definition) is 2. The molecule has 2 heterocycles. The first-order chi connectivity index (χ1) is 7.08. The Balaban J connectivity index is 2.30. The molecule has 0 unspecified atom stereocenters. The van der Waals surface area contributed by atoms with E-state index in [9.17, 15) is 9.59 Å². The molecule has 0 aromatic carbocycles. The third kappa shape index (κ3) is 1.97. The molecule has 80 valence electrons. The maximum atomic E-state index is 11.8. The zero-order valence-corrected chi connectivity index (χ0v) is 9.93. The number of nitrogens with zero attached hydrogens (tertiary/aromatic N) is 1. The quantitative estimate of drug-likeness (QED) is 0.774. The summed E-state index contributed by atoms with van der Waals surface area (Å²) in [6, 6.07) is 1.90. The predicted octanol–water partition coefficient (Wildman–Crippen LogP) is 1.36. The second-order valence-corrected chi connectivity index (χ2v) is 4.49. The molecule has 0 bridgehead atoms. The van der Waals surface area contributed by atoms with Gasteiger partial charge in [-0.05, 0) is 34.0 Å². The van der Waals surface area contributed by atoms with Crippen molar-refractivity contribution in [3.63, 3.8) is 0 Å². The normalized spacial score (nSPS) is 16.1. The highest BCUT2D eigenvalue weighted by molar-refractivity contribution is 9.10. The summed E-state index contributed by atoms with van der Waals surface area (Å²) in [5.41, 5.74) is 1.61. The molecule has 1 aliphatic heterocycles. The van der Waals surface area contributed by atoms with E-state index in [1.807, 2.05) is 6.07 Å². The molecular formula is C10H11BrN2O2. The molecule has 0 saturated heterocycles. The minimum Gasteiger partial charge on any atom is -0.347 e. The average Bonchev–Trinajstić information content (AvgIpc) is 2.46. The van der Waals surface area contributed by atoms with Crippen LogP contribution in [0.4, 0.5) is 0 Å². The van der Waals surface area contributed by atoms with E-state index >= 15 is 0 Å². The first-order valence-corrected chi connectivity index (χ1v) is 5.53. The summed E-state index contributed by atoms with van der Waals surface area (Å²) in [4.78, 5) is 27.5. The smallest absolute Gasteiger partial charge is 0.219 e. The Morgan fingerprint density at radius 2 is 2.33 bits per heavy atom. The third-order valence-electron chi connectivity index (χ3n) is 2.58. The fraction of sp³-hybridized carbons (Fsp3) is 0.400. The van der Waals surface area contributed by atoms with Crippen LogP contribution in [0, 0.1) is 0 Å². The van der Waals surface area contributed by atoms with E-state index in [0.29, 0.717) is 12.2 Å². The zero-order chi connectivity index (χ0) is 11.0. The number of fused-ring (bicyclic) bond motifs is 1. The van der Waals surface area contributed by atoms with Crippen molar-refractivity contribution in [2.75, 3.05) is 13.1 Å². The lowest BCUT2D eigenvalue weighted by atomic mass is 10.1. The van der Waals surface area contributed by atoms with Crippen LogP contribution in [0.15, 0.2) is 10.7 Å². The highest BCUT2D eigenvalue weighted by Gasteiger charge is 2.23. The Hall–Kier alpha value is -1.10. The molecule has 1 aromatic rings. The van der Waals surface area contributed by atoms with Crippen LogP contribution in [-0.4, -0.2) is 34.7 Å². The number of hydrogen-bond donors (Lipinski definition) is 1. The van der Waals surface area contributed by atoms with Gasteiger partial charge in [-0.2, -0.15) is 0 Å². The predicted molar refractivity (Wildman–Crippen MR) is 58.8 cm³/mol. The van der Waals surface area contributed by atoms with E-state index in [0.717, 1.165) is 16.6 Å². The van der Waals surface area contributed by atoms with Crippen molar-refractivity contribution in [3.05, 3.63) is 21.9 Å². The third-order valence-corrected chi connectivity index (χ3v) is 3.00. The van der Waals surface area contributed by atoms with Crippen molar-refractivity contribution in [1.82, 2.24) is 9.88 Å². The van der Waals surface area contributed by atoms with Crippen LogP contribution in [0.1, 0.15) is 23.0 Å². The van der Waals surface area contributed by atoms with Crippen molar-refractivity contribution in [2.45, 2.75) is 13.3 Å². The van der Waals surface area contributed by atoms with E-state index in [2.05, 4.69) is 20.9 Å². The van der Waals surface area contributed by atoms with Gasteiger partial charge < -0.3 is 9.88 Å². The number of carbonyl (C=O) groups is 2. The van der Waals surface area contributed by atoms with Gasteiger partial charge in [-0.3, -0.25) is 9.59 Å². The number of aromatic nitrogens is 1. The Morgan fingerprint density at radius 3 is 3.00 bits per heavy atom. The molecule has 15 heavy (non-hydrogen) atoms. The standard InChI is InChI=1S/C10H11BrN2O2/c1-6(14)13-3-2-7-4-9(11)12-10(7)8(15)5-13/h4,12H,2-3,5H2,1H3. The van der Waals surface area contributed by atoms with Gasteiger partial charge in [-0.25, -0.2) is 0 Å². The first-order valence-electron chi connectivity index (χ1n) is 4.74. The van der Waals surface area contributed by atoms with Crippen LogP contribution in [0.25, 0.3) is 0 Å². The number of carbonyl (C=O) groups excluding carboxylic acids is 2. The summed E-state index contributed by atoms with van der Waals surface area (Å²) < 4.78 is 0.817. The summed E-state index contributed by atoms with van der Waals surface area (Å²) in [5.74, 6) is -0.0732. The van der Waals surface area contributed by atoms with Crippen molar-refractivity contribution >= 4 is 27.6 Å². The van der Waals surface area contributed by atoms with E-state index < -0.39 is 0 Å². The van der Waals surface area contributed by atoms with Gasteiger partial charge in [0.2, 0.25) is 5.91 Å². The van der Waals surface area contributed by atoms with Crippen LogP contribution in [-0.2, 0) is 11.2 Å². The van der Waals surface area contributed by atoms with Gasteiger partial charge in [0.15, 0.2) is 5.78 Å². The summed E-state index contributed by atoms with van der Waals surface area (Å²) in [6.07, 6.45) is 0.725. The summed E-state index contributed by atoms with van der Waals surface area (Å²) in [7, 11) is 0. The molecule has 2 rings (SSSR count). The zero-order valence-electron chi connectivity index (χ0n) is 8.34. The van der Waals surface area contributed by atoms with E-state index in [-0.39, 0.29) is 18.2 Å². The molecule has 0 saturated carbocycles. The molecule has 0 fully saturated rings. The molecule has 0 aliphatic carbocycles. The lowest BCUT2D eigenvalue weighted by Gasteiger charge is -2.16. The number of rotatable bonds is 0. The van der Waals surface area contributed by atoms with E-state index in [4.69, 9.17) is 0 Å². The summed E-state index contributed by atoms with van der Waals surface area (Å²) >= 11 is 3.30. The van der Waals surface area contributed by atoms with Gasteiger partial charge in [0, 0.05) is 13.5 Å². The number of Topliss-reactive ketones (excluding diaryl/α,β-unsaturated/α-hetero) is 1. The highest BCUT2D eigenvalue weighted by Crippen LogP contribution is 2.20. The van der Waals surface area contributed by atoms with Crippen LogP contribution in [0.5, 0.6) is 0 Å².